The highest BCUT2D eigenvalue weighted by Crippen LogP contribution is 2.29. The highest BCUT2D eigenvalue weighted by Gasteiger charge is 2.07. The zero-order valence-corrected chi connectivity index (χ0v) is 10.8. The number of hydrogen-bond donors (Lipinski definition) is 1. The van der Waals surface area contributed by atoms with Gasteiger partial charge in [0, 0.05) is 23.5 Å². The predicted octanol–water partition coefficient (Wildman–Crippen LogP) is 2.72. The number of fused-ring (bicyclic) bond motifs is 1. The Morgan fingerprint density at radius 3 is 2.74 bits per heavy atom. The van der Waals surface area contributed by atoms with E-state index in [0.717, 1.165) is 34.0 Å². The van der Waals surface area contributed by atoms with Crippen LogP contribution in [0.25, 0.3) is 5.65 Å². The first kappa shape index (κ1) is 11.5. The lowest BCUT2D eigenvalue weighted by Crippen LogP contribution is -1.95. The van der Waals surface area contributed by atoms with Gasteiger partial charge in [-0.2, -0.15) is 5.10 Å². The summed E-state index contributed by atoms with van der Waals surface area (Å²) in [7, 11) is 0. The molecular weight excluding hydrogens is 240 g/mol. The topological polar surface area (TPSA) is 65.4 Å². The van der Waals surface area contributed by atoms with E-state index in [1.165, 1.54) is 6.33 Å². The van der Waals surface area contributed by atoms with E-state index in [9.17, 15) is 0 Å². The maximum absolute atomic E-state index is 5.94. The van der Waals surface area contributed by atoms with E-state index in [2.05, 4.69) is 10.1 Å². The molecule has 0 saturated carbocycles. The number of anilines is 1. The summed E-state index contributed by atoms with van der Waals surface area (Å²) in [5.41, 5.74) is 9.22. The number of nitrogens with two attached hydrogens (primary N) is 1. The van der Waals surface area contributed by atoms with Crippen molar-refractivity contribution in [3.8, 4) is 11.5 Å². The predicted molar refractivity (Wildman–Crippen MR) is 73.4 cm³/mol. The van der Waals surface area contributed by atoms with Crippen molar-refractivity contribution in [2.24, 2.45) is 0 Å². The SMILES string of the molecule is Cc1cc(N)ccc1Oc1cc2ncnn2cc1C. The summed E-state index contributed by atoms with van der Waals surface area (Å²) >= 11 is 0. The van der Waals surface area contributed by atoms with Crippen LogP contribution in [0.4, 0.5) is 5.69 Å². The molecule has 19 heavy (non-hydrogen) atoms. The van der Waals surface area contributed by atoms with Crippen LogP contribution >= 0.6 is 0 Å². The van der Waals surface area contributed by atoms with Gasteiger partial charge in [0.1, 0.15) is 17.8 Å². The van der Waals surface area contributed by atoms with Gasteiger partial charge in [-0.15, -0.1) is 0 Å². The van der Waals surface area contributed by atoms with E-state index in [-0.39, 0.29) is 0 Å². The van der Waals surface area contributed by atoms with Crippen molar-refractivity contribution in [2.45, 2.75) is 13.8 Å². The van der Waals surface area contributed by atoms with Crippen LogP contribution in [0.3, 0.4) is 0 Å². The maximum atomic E-state index is 5.94. The van der Waals surface area contributed by atoms with Gasteiger partial charge in [0.05, 0.1) is 0 Å². The Balaban J connectivity index is 2.02. The number of hydrogen-bond acceptors (Lipinski definition) is 4. The summed E-state index contributed by atoms with van der Waals surface area (Å²) in [6, 6.07) is 7.46. The Morgan fingerprint density at radius 1 is 1.11 bits per heavy atom. The molecule has 2 N–H and O–H groups in total. The Morgan fingerprint density at radius 2 is 1.95 bits per heavy atom. The molecule has 5 nitrogen and oxygen atoms in total. The van der Waals surface area contributed by atoms with Crippen LogP contribution in [-0.2, 0) is 0 Å². The van der Waals surface area contributed by atoms with Crippen LogP contribution in [0.5, 0.6) is 11.5 Å². The van der Waals surface area contributed by atoms with Crippen LogP contribution in [-0.4, -0.2) is 14.6 Å². The smallest absolute Gasteiger partial charge is 0.158 e. The van der Waals surface area contributed by atoms with Gasteiger partial charge in [0.15, 0.2) is 5.65 Å². The minimum Gasteiger partial charge on any atom is -0.457 e. The number of pyridine rings is 1. The molecule has 0 aliphatic carbocycles. The Kier molecular flexibility index (Phi) is 2.59. The first-order chi connectivity index (χ1) is 9.13. The van der Waals surface area contributed by atoms with E-state index in [1.807, 2.05) is 44.3 Å². The fraction of sp³-hybridized carbons (Fsp3) is 0.143. The van der Waals surface area contributed by atoms with Gasteiger partial charge in [0.25, 0.3) is 0 Å². The summed E-state index contributed by atoms with van der Waals surface area (Å²) < 4.78 is 7.66. The average molecular weight is 254 g/mol. The van der Waals surface area contributed by atoms with Crippen molar-refractivity contribution in [3.05, 3.63) is 47.9 Å². The number of nitrogens with zero attached hydrogens (tertiary/aromatic N) is 3. The highest BCUT2D eigenvalue weighted by atomic mass is 16.5. The molecule has 0 unspecified atom stereocenters. The molecule has 0 saturated heterocycles. The first-order valence-corrected chi connectivity index (χ1v) is 5.97. The molecule has 3 rings (SSSR count). The molecule has 1 aromatic carbocycles. The molecule has 0 aliphatic rings. The molecule has 0 bridgehead atoms. The van der Waals surface area contributed by atoms with Crippen LogP contribution in [0.15, 0.2) is 36.8 Å². The second-order valence-corrected chi connectivity index (χ2v) is 4.51. The normalized spacial score (nSPS) is 10.8. The summed E-state index contributed by atoms with van der Waals surface area (Å²) in [4.78, 5) is 4.15. The minimum atomic E-state index is 0.731. The van der Waals surface area contributed by atoms with E-state index < -0.39 is 0 Å². The van der Waals surface area contributed by atoms with Crippen molar-refractivity contribution in [3.63, 3.8) is 0 Å². The number of aromatic nitrogens is 3. The molecule has 3 aromatic rings. The lowest BCUT2D eigenvalue weighted by atomic mass is 10.2. The Labute approximate surface area is 110 Å². The number of benzene rings is 1. The number of aryl methyl sites for hydroxylation is 2. The summed E-state index contributed by atoms with van der Waals surface area (Å²) in [6.45, 7) is 3.94. The van der Waals surface area contributed by atoms with Crippen molar-refractivity contribution in [1.29, 1.82) is 0 Å². The first-order valence-electron chi connectivity index (χ1n) is 5.97. The fourth-order valence-electron chi connectivity index (χ4n) is 1.96. The van der Waals surface area contributed by atoms with Crippen LogP contribution in [0, 0.1) is 13.8 Å². The molecule has 0 radical (unpaired) electrons. The standard InChI is InChI=1S/C14H14N4O/c1-9-5-11(15)3-4-12(9)19-13-6-14-16-8-17-18(14)7-10(13)2/h3-8H,15H2,1-2H3. The minimum absolute atomic E-state index is 0.731. The summed E-state index contributed by atoms with van der Waals surface area (Å²) in [5.74, 6) is 1.56. The molecule has 5 heteroatoms. The zero-order valence-electron chi connectivity index (χ0n) is 10.8. The van der Waals surface area contributed by atoms with E-state index in [1.54, 1.807) is 4.52 Å². The van der Waals surface area contributed by atoms with Gasteiger partial charge in [-0.25, -0.2) is 9.50 Å². The maximum Gasteiger partial charge on any atom is 0.158 e. The third kappa shape index (κ3) is 2.10. The van der Waals surface area contributed by atoms with Crippen LogP contribution in [0.1, 0.15) is 11.1 Å². The van der Waals surface area contributed by atoms with Gasteiger partial charge in [-0.1, -0.05) is 0 Å². The molecule has 0 spiro atoms. The molecule has 0 amide bonds. The second kappa shape index (κ2) is 4.28. The van der Waals surface area contributed by atoms with Gasteiger partial charge < -0.3 is 10.5 Å². The molecule has 0 atom stereocenters. The molecular formula is C14H14N4O. The molecule has 0 fully saturated rings. The molecule has 96 valence electrons. The average Bonchev–Trinajstić information content (AvgIpc) is 2.80. The monoisotopic (exact) mass is 254 g/mol. The number of ether oxygens (including phenoxy) is 1. The fourth-order valence-corrected chi connectivity index (χ4v) is 1.96. The third-order valence-electron chi connectivity index (χ3n) is 2.98. The lowest BCUT2D eigenvalue weighted by molar-refractivity contribution is 0.474. The summed E-state index contributed by atoms with van der Waals surface area (Å²) in [5, 5.41) is 4.09. The van der Waals surface area contributed by atoms with E-state index >= 15 is 0 Å². The molecule has 2 aromatic heterocycles. The largest absolute Gasteiger partial charge is 0.457 e. The van der Waals surface area contributed by atoms with Crippen molar-refractivity contribution in [2.75, 3.05) is 5.73 Å². The number of nitrogen functional groups attached to an aromatic ring is 1. The third-order valence-corrected chi connectivity index (χ3v) is 2.98. The molecule has 0 aliphatic heterocycles. The summed E-state index contributed by atoms with van der Waals surface area (Å²) in [6.07, 6.45) is 3.41. The van der Waals surface area contributed by atoms with E-state index in [4.69, 9.17) is 10.5 Å². The van der Waals surface area contributed by atoms with Crippen molar-refractivity contribution >= 4 is 11.3 Å². The van der Waals surface area contributed by atoms with Gasteiger partial charge in [0.2, 0.25) is 0 Å². The second-order valence-electron chi connectivity index (χ2n) is 4.51. The Bertz CT molecular complexity index is 748. The van der Waals surface area contributed by atoms with Gasteiger partial charge in [-0.05, 0) is 37.6 Å². The Hall–Kier alpha value is -2.56. The molecule has 2 heterocycles. The van der Waals surface area contributed by atoms with Gasteiger partial charge >= 0.3 is 0 Å². The van der Waals surface area contributed by atoms with Crippen LogP contribution in [0.2, 0.25) is 0 Å². The van der Waals surface area contributed by atoms with Gasteiger partial charge in [-0.3, -0.25) is 0 Å². The highest BCUT2D eigenvalue weighted by molar-refractivity contribution is 5.51. The quantitative estimate of drug-likeness (QED) is 0.714. The van der Waals surface area contributed by atoms with E-state index in [0.29, 0.717) is 0 Å². The van der Waals surface area contributed by atoms with Crippen molar-refractivity contribution in [1.82, 2.24) is 14.6 Å². The lowest BCUT2D eigenvalue weighted by Gasteiger charge is -2.11. The van der Waals surface area contributed by atoms with Crippen molar-refractivity contribution < 1.29 is 4.74 Å². The zero-order chi connectivity index (χ0) is 13.4. The number of rotatable bonds is 2. The van der Waals surface area contributed by atoms with Crippen LogP contribution < -0.4 is 10.5 Å².